The first-order chi connectivity index (χ1) is 9.79. The molecule has 0 aliphatic heterocycles. The Hall–Kier alpha value is -2.37. The van der Waals surface area contributed by atoms with Crippen LogP contribution < -0.4 is 5.69 Å². The van der Waals surface area contributed by atoms with Gasteiger partial charge in [0.05, 0.1) is 6.54 Å². The van der Waals surface area contributed by atoms with E-state index >= 15 is 0 Å². The van der Waals surface area contributed by atoms with Crippen molar-refractivity contribution in [2.75, 3.05) is 0 Å². The topological polar surface area (TPSA) is 57.1 Å². The highest BCUT2D eigenvalue weighted by molar-refractivity contribution is 5.35. The van der Waals surface area contributed by atoms with Gasteiger partial charge in [-0.15, -0.1) is 5.10 Å². The maximum Gasteiger partial charge on any atom is 0.350 e. The van der Waals surface area contributed by atoms with E-state index < -0.39 is 0 Å². The Balaban J connectivity index is 1.81. The third-order valence-electron chi connectivity index (χ3n) is 3.32. The Morgan fingerprint density at radius 1 is 1.20 bits per heavy atom. The molecule has 6 heteroatoms. The number of aromatic nitrogens is 5. The molecule has 0 saturated carbocycles. The fraction of sp³-hybridized carbons (Fsp3) is 0.357. The van der Waals surface area contributed by atoms with Gasteiger partial charge in [-0.3, -0.25) is 4.40 Å². The molecule has 0 atom stereocenters. The largest absolute Gasteiger partial charge is 0.350 e. The fourth-order valence-corrected chi connectivity index (χ4v) is 2.31. The molecule has 0 aliphatic carbocycles. The second-order valence-electron chi connectivity index (χ2n) is 4.72. The van der Waals surface area contributed by atoms with E-state index in [1.807, 2.05) is 24.4 Å². The normalized spacial score (nSPS) is 11.2. The molecule has 0 N–H and O–H groups in total. The van der Waals surface area contributed by atoms with Crippen molar-refractivity contribution >= 4 is 5.65 Å². The van der Waals surface area contributed by atoms with Crippen LogP contribution >= 0.6 is 0 Å². The van der Waals surface area contributed by atoms with Gasteiger partial charge in [-0.05, 0) is 18.6 Å². The van der Waals surface area contributed by atoms with Gasteiger partial charge in [0.2, 0.25) is 0 Å². The molecule has 0 unspecified atom stereocenters. The number of pyridine rings is 1. The highest BCUT2D eigenvalue weighted by Crippen LogP contribution is 2.02. The van der Waals surface area contributed by atoms with E-state index in [0.717, 1.165) is 18.7 Å². The summed E-state index contributed by atoms with van der Waals surface area (Å²) in [7, 11) is 0. The molecule has 104 valence electrons. The Kier molecular flexibility index (Phi) is 3.37. The Morgan fingerprint density at radius 3 is 2.90 bits per heavy atom. The number of hydrogen-bond acceptors (Lipinski definition) is 3. The minimum atomic E-state index is -0.0993. The molecule has 0 aromatic carbocycles. The summed E-state index contributed by atoms with van der Waals surface area (Å²) in [6.45, 7) is 3.39. The van der Waals surface area contributed by atoms with Crippen molar-refractivity contribution in [1.29, 1.82) is 0 Å². The molecule has 3 heterocycles. The maximum absolute atomic E-state index is 12.1. The number of rotatable bonds is 5. The van der Waals surface area contributed by atoms with E-state index in [9.17, 15) is 4.79 Å². The summed E-state index contributed by atoms with van der Waals surface area (Å²) in [6.07, 6.45) is 7.50. The van der Waals surface area contributed by atoms with Crippen LogP contribution in [-0.4, -0.2) is 23.7 Å². The van der Waals surface area contributed by atoms with Crippen LogP contribution in [0.2, 0.25) is 0 Å². The number of imidazole rings is 1. The lowest BCUT2D eigenvalue weighted by Gasteiger charge is -2.06. The molecule has 0 fully saturated rings. The van der Waals surface area contributed by atoms with Crippen LogP contribution in [0.15, 0.2) is 41.6 Å². The van der Waals surface area contributed by atoms with Crippen molar-refractivity contribution in [3.8, 4) is 0 Å². The lowest BCUT2D eigenvalue weighted by molar-refractivity contribution is 0.506. The van der Waals surface area contributed by atoms with E-state index in [2.05, 4.69) is 21.6 Å². The summed E-state index contributed by atoms with van der Waals surface area (Å²) < 4.78 is 5.14. The monoisotopic (exact) mass is 271 g/mol. The van der Waals surface area contributed by atoms with Crippen molar-refractivity contribution in [2.45, 2.75) is 32.9 Å². The lowest BCUT2D eigenvalue weighted by Crippen LogP contribution is -2.23. The smallest absolute Gasteiger partial charge is 0.333 e. The molecule has 0 saturated heterocycles. The van der Waals surface area contributed by atoms with Crippen LogP contribution in [0.25, 0.3) is 5.65 Å². The molecule has 20 heavy (non-hydrogen) atoms. The maximum atomic E-state index is 12.1. The van der Waals surface area contributed by atoms with Gasteiger partial charge in [0.25, 0.3) is 0 Å². The molecule has 0 spiro atoms. The minimum absolute atomic E-state index is 0.0993. The molecule has 0 bridgehead atoms. The molecule has 6 nitrogen and oxygen atoms in total. The first kappa shape index (κ1) is 12.7. The van der Waals surface area contributed by atoms with Crippen LogP contribution in [0.5, 0.6) is 0 Å². The molecule has 0 radical (unpaired) electrons. The van der Waals surface area contributed by atoms with Gasteiger partial charge >= 0.3 is 5.69 Å². The predicted octanol–water partition coefficient (Wildman–Crippen LogP) is 1.35. The zero-order valence-corrected chi connectivity index (χ0v) is 11.4. The average molecular weight is 271 g/mol. The summed E-state index contributed by atoms with van der Waals surface area (Å²) in [6, 6.07) is 5.54. The first-order valence-corrected chi connectivity index (χ1v) is 6.84. The van der Waals surface area contributed by atoms with E-state index in [1.165, 1.54) is 4.68 Å². The Morgan fingerprint density at radius 2 is 2.10 bits per heavy atom. The summed E-state index contributed by atoms with van der Waals surface area (Å²) in [5.41, 5.74) is 0.578. The van der Waals surface area contributed by atoms with Crippen molar-refractivity contribution in [3.63, 3.8) is 0 Å². The van der Waals surface area contributed by atoms with Gasteiger partial charge in [-0.25, -0.2) is 14.5 Å². The Bertz CT molecular complexity index is 767. The second-order valence-corrected chi connectivity index (χ2v) is 4.72. The third-order valence-corrected chi connectivity index (χ3v) is 3.32. The third kappa shape index (κ3) is 2.24. The number of aryl methyl sites for hydroxylation is 3. The van der Waals surface area contributed by atoms with Crippen molar-refractivity contribution in [2.24, 2.45) is 0 Å². The van der Waals surface area contributed by atoms with Crippen LogP contribution in [0.1, 0.15) is 19.2 Å². The molecule has 0 amide bonds. The minimum Gasteiger partial charge on any atom is -0.333 e. The molecule has 3 rings (SSSR count). The summed E-state index contributed by atoms with van der Waals surface area (Å²) in [5.74, 6) is 1.06. The zero-order chi connectivity index (χ0) is 13.9. The highest BCUT2D eigenvalue weighted by Gasteiger charge is 2.07. The lowest BCUT2D eigenvalue weighted by atomic mass is 10.3. The predicted molar refractivity (Wildman–Crippen MR) is 75.7 cm³/mol. The highest BCUT2D eigenvalue weighted by atomic mass is 16.2. The van der Waals surface area contributed by atoms with Crippen LogP contribution in [0, 0.1) is 0 Å². The van der Waals surface area contributed by atoms with Crippen molar-refractivity contribution in [3.05, 3.63) is 53.1 Å². The van der Waals surface area contributed by atoms with Crippen LogP contribution in [0.3, 0.4) is 0 Å². The second kappa shape index (κ2) is 5.32. The van der Waals surface area contributed by atoms with Gasteiger partial charge in [0, 0.05) is 31.6 Å². The van der Waals surface area contributed by atoms with E-state index in [4.69, 9.17) is 0 Å². The summed E-state index contributed by atoms with van der Waals surface area (Å²) in [4.78, 5) is 16.5. The molecule has 0 aliphatic rings. The van der Waals surface area contributed by atoms with Gasteiger partial charge in [0.1, 0.15) is 5.82 Å². The average Bonchev–Trinajstić information content (AvgIpc) is 3.03. The standard InChI is InChI=1S/C14H17N5O/c1-2-5-12-15-7-9-17(12)10-11-19-14(20)18-8-4-3-6-13(18)16-19/h3-4,6-9H,2,5,10-11H2,1H3. The van der Waals surface area contributed by atoms with E-state index in [0.29, 0.717) is 18.7 Å². The van der Waals surface area contributed by atoms with E-state index in [1.54, 1.807) is 16.8 Å². The van der Waals surface area contributed by atoms with Gasteiger partial charge in [0.15, 0.2) is 5.65 Å². The van der Waals surface area contributed by atoms with Crippen LogP contribution in [-0.2, 0) is 19.5 Å². The molecular weight excluding hydrogens is 254 g/mol. The molecular formula is C14H17N5O. The van der Waals surface area contributed by atoms with Gasteiger partial charge in [-0.2, -0.15) is 0 Å². The summed E-state index contributed by atoms with van der Waals surface area (Å²) >= 11 is 0. The molecule has 3 aromatic heterocycles. The summed E-state index contributed by atoms with van der Waals surface area (Å²) in [5, 5.41) is 4.32. The van der Waals surface area contributed by atoms with E-state index in [-0.39, 0.29) is 5.69 Å². The Labute approximate surface area is 116 Å². The van der Waals surface area contributed by atoms with Crippen molar-refractivity contribution < 1.29 is 0 Å². The number of nitrogens with zero attached hydrogens (tertiary/aromatic N) is 5. The number of hydrogen-bond donors (Lipinski definition) is 0. The first-order valence-electron chi connectivity index (χ1n) is 6.84. The van der Waals surface area contributed by atoms with Crippen LogP contribution in [0.4, 0.5) is 0 Å². The SMILES string of the molecule is CCCc1nccn1CCn1nc2ccccn2c1=O. The molecule has 3 aromatic rings. The van der Waals surface area contributed by atoms with Gasteiger partial charge in [-0.1, -0.05) is 13.0 Å². The zero-order valence-electron chi connectivity index (χ0n) is 11.4. The fourth-order valence-electron chi connectivity index (χ4n) is 2.31. The number of fused-ring (bicyclic) bond motifs is 1. The van der Waals surface area contributed by atoms with Gasteiger partial charge < -0.3 is 4.57 Å². The van der Waals surface area contributed by atoms with Crippen molar-refractivity contribution in [1.82, 2.24) is 23.7 Å². The quantitative estimate of drug-likeness (QED) is 0.703.